The fourth-order valence-electron chi connectivity index (χ4n) is 3.22. The number of ether oxygens (including phenoxy) is 1. The second-order valence-electron chi connectivity index (χ2n) is 6.97. The average Bonchev–Trinajstić information content (AvgIpc) is 3.21. The summed E-state index contributed by atoms with van der Waals surface area (Å²) in [5.74, 6) is 2.44. The maximum Gasteiger partial charge on any atom is 0.227 e. The number of hydrogen-bond donors (Lipinski definition) is 2. The van der Waals surface area contributed by atoms with Gasteiger partial charge in [-0.25, -0.2) is 9.67 Å². The van der Waals surface area contributed by atoms with Gasteiger partial charge in [-0.15, -0.1) is 0 Å². The van der Waals surface area contributed by atoms with Crippen LogP contribution in [0.3, 0.4) is 0 Å². The van der Waals surface area contributed by atoms with Crippen molar-refractivity contribution < 1.29 is 4.74 Å². The van der Waals surface area contributed by atoms with E-state index in [0.29, 0.717) is 6.54 Å². The lowest BCUT2D eigenvalue weighted by atomic mass is 10.1. The van der Waals surface area contributed by atoms with E-state index in [-0.39, 0.29) is 0 Å². The summed E-state index contributed by atoms with van der Waals surface area (Å²) in [7, 11) is 5.58. The number of nitrogens with zero attached hydrogens (tertiary/aromatic N) is 5. The van der Waals surface area contributed by atoms with Gasteiger partial charge < -0.3 is 20.3 Å². The minimum atomic E-state index is 0.647. The van der Waals surface area contributed by atoms with Gasteiger partial charge in [0.25, 0.3) is 0 Å². The molecule has 3 aromatic rings. The fraction of sp³-hybridized carbons (Fsp3) is 0.350. The van der Waals surface area contributed by atoms with E-state index in [1.165, 1.54) is 5.56 Å². The molecule has 8 nitrogen and oxygen atoms in total. The molecule has 0 atom stereocenters. The monoisotopic (exact) mass is 379 g/mol. The molecule has 0 amide bonds. The van der Waals surface area contributed by atoms with Crippen molar-refractivity contribution in [1.29, 1.82) is 0 Å². The van der Waals surface area contributed by atoms with E-state index >= 15 is 0 Å². The lowest BCUT2D eigenvalue weighted by Gasteiger charge is -2.22. The molecule has 28 heavy (non-hydrogen) atoms. The number of hydrogen-bond acceptors (Lipinski definition) is 7. The summed E-state index contributed by atoms with van der Waals surface area (Å²) in [6, 6.07) is 7.84. The predicted molar refractivity (Wildman–Crippen MR) is 109 cm³/mol. The summed E-state index contributed by atoms with van der Waals surface area (Å²) in [6.45, 7) is 2.37. The molecule has 1 aliphatic heterocycles. The highest BCUT2D eigenvalue weighted by Crippen LogP contribution is 2.23. The maximum atomic E-state index is 5.30. The molecule has 2 aromatic heterocycles. The molecule has 0 bridgehead atoms. The van der Waals surface area contributed by atoms with Crippen LogP contribution in [0, 0.1) is 0 Å². The van der Waals surface area contributed by atoms with E-state index in [0.717, 1.165) is 54.0 Å². The molecule has 0 saturated heterocycles. The first-order valence-electron chi connectivity index (χ1n) is 9.33. The Morgan fingerprint density at radius 1 is 1.29 bits per heavy atom. The molecule has 146 valence electrons. The highest BCUT2D eigenvalue weighted by molar-refractivity contribution is 5.52. The van der Waals surface area contributed by atoms with Crippen molar-refractivity contribution in [2.24, 2.45) is 0 Å². The smallest absolute Gasteiger partial charge is 0.227 e. The molecule has 1 aromatic carbocycles. The van der Waals surface area contributed by atoms with Crippen molar-refractivity contribution in [3.05, 3.63) is 53.5 Å². The van der Waals surface area contributed by atoms with E-state index in [9.17, 15) is 0 Å². The summed E-state index contributed by atoms with van der Waals surface area (Å²) < 4.78 is 7.15. The fourth-order valence-corrected chi connectivity index (χ4v) is 3.22. The van der Waals surface area contributed by atoms with Crippen molar-refractivity contribution in [3.8, 4) is 11.4 Å². The van der Waals surface area contributed by atoms with Crippen LogP contribution in [-0.2, 0) is 19.5 Å². The summed E-state index contributed by atoms with van der Waals surface area (Å²) in [5.41, 5.74) is 4.31. The molecule has 0 fully saturated rings. The molecule has 0 saturated carbocycles. The largest absolute Gasteiger partial charge is 0.497 e. The number of nitrogens with one attached hydrogen (secondary N) is 2. The van der Waals surface area contributed by atoms with Crippen molar-refractivity contribution in [1.82, 2.24) is 25.1 Å². The molecule has 8 heteroatoms. The Hall–Kier alpha value is -3.13. The zero-order valence-electron chi connectivity index (χ0n) is 16.4. The maximum absolute atomic E-state index is 5.30. The van der Waals surface area contributed by atoms with Gasteiger partial charge in [-0.1, -0.05) is 6.07 Å². The topological polar surface area (TPSA) is 80.1 Å². The Morgan fingerprint density at radius 3 is 3.00 bits per heavy atom. The van der Waals surface area contributed by atoms with Crippen molar-refractivity contribution >= 4 is 11.8 Å². The lowest BCUT2D eigenvalue weighted by Crippen LogP contribution is -2.27. The first kappa shape index (κ1) is 18.2. The number of aromatic nitrogens is 4. The summed E-state index contributed by atoms with van der Waals surface area (Å²) in [5, 5.41) is 11.3. The van der Waals surface area contributed by atoms with Gasteiger partial charge in [0, 0.05) is 50.6 Å². The van der Waals surface area contributed by atoms with E-state index in [1.54, 1.807) is 7.11 Å². The molecule has 1 aliphatic rings. The van der Waals surface area contributed by atoms with Gasteiger partial charge in [0.05, 0.1) is 24.7 Å². The van der Waals surface area contributed by atoms with Gasteiger partial charge in [0.1, 0.15) is 11.6 Å². The van der Waals surface area contributed by atoms with E-state index < -0.39 is 0 Å². The van der Waals surface area contributed by atoms with E-state index in [4.69, 9.17) is 9.72 Å². The predicted octanol–water partition coefficient (Wildman–Crippen LogP) is 1.99. The van der Waals surface area contributed by atoms with Crippen LogP contribution in [-0.4, -0.2) is 47.5 Å². The Labute approximate surface area is 164 Å². The minimum Gasteiger partial charge on any atom is -0.497 e. The lowest BCUT2D eigenvalue weighted by molar-refractivity contribution is 0.414. The standard InChI is InChI=1S/C20H25N7O/c1-26(2)20-24-18-12-21-8-7-17(18)19(25-20)22-10-14-11-23-27(13-14)15-5-4-6-16(9-15)28-3/h4-6,9,11,13,21H,7-8,10,12H2,1-3H3,(H,22,24,25). The minimum absolute atomic E-state index is 0.647. The van der Waals surface area contributed by atoms with Gasteiger partial charge in [-0.2, -0.15) is 10.1 Å². The quantitative estimate of drug-likeness (QED) is 0.678. The highest BCUT2D eigenvalue weighted by atomic mass is 16.5. The van der Waals surface area contributed by atoms with E-state index in [1.807, 2.05) is 60.3 Å². The molecule has 0 radical (unpaired) electrons. The average molecular weight is 379 g/mol. The van der Waals surface area contributed by atoms with Crippen LogP contribution in [0.1, 0.15) is 16.8 Å². The molecular formula is C20H25N7O. The van der Waals surface area contributed by atoms with Gasteiger partial charge in [0.2, 0.25) is 5.95 Å². The molecule has 4 rings (SSSR count). The van der Waals surface area contributed by atoms with E-state index in [2.05, 4.69) is 20.7 Å². The van der Waals surface area contributed by atoms with Crippen LogP contribution >= 0.6 is 0 Å². The number of anilines is 2. The molecule has 3 heterocycles. The normalized spacial score (nSPS) is 13.1. The molecule has 0 unspecified atom stereocenters. The molecule has 0 aliphatic carbocycles. The van der Waals surface area contributed by atoms with Crippen molar-refractivity contribution in [2.45, 2.75) is 19.5 Å². The van der Waals surface area contributed by atoms with Crippen LogP contribution in [0.5, 0.6) is 5.75 Å². The van der Waals surface area contributed by atoms with Crippen LogP contribution in [0.15, 0.2) is 36.7 Å². The first-order chi connectivity index (χ1) is 13.6. The third-order valence-corrected chi connectivity index (χ3v) is 4.74. The number of fused-ring (bicyclic) bond motifs is 1. The number of rotatable bonds is 6. The van der Waals surface area contributed by atoms with Crippen LogP contribution in [0.4, 0.5) is 11.8 Å². The Bertz CT molecular complexity index is 967. The summed E-state index contributed by atoms with van der Waals surface area (Å²) in [6.07, 6.45) is 4.81. The van der Waals surface area contributed by atoms with Gasteiger partial charge in [0.15, 0.2) is 0 Å². The summed E-state index contributed by atoms with van der Waals surface area (Å²) in [4.78, 5) is 11.3. The van der Waals surface area contributed by atoms with Gasteiger partial charge in [-0.05, 0) is 25.1 Å². The first-order valence-corrected chi connectivity index (χ1v) is 9.33. The Morgan fingerprint density at radius 2 is 2.18 bits per heavy atom. The molecule has 0 spiro atoms. The zero-order chi connectivity index (χ0) is 19.5. The SMILES string of the molecule is COc1cccc(-n2cc(CNc3nc(N(C)C)nc4c3CCNC4)cn2)c1. The second-order valence-corrected chi connectivity index (χ2v) is 6.97. The third-order valence-electron chi connectivity index (χ3n) is 4.74. The van der Waals surface area contributed by atoms with Crippen LogP contribution in [0.2, 0.25) is 0 Å². The highest BCUT2D eigenvalue weighted by Gasteiger charge is 2.18. The van der Waals surface area contributed by atoms with Crippen molar-refractivity contribution in [3.63, 3.8) is 0 Å². The second kappa shape index (κ2) is 7.85. The number of benzene rings is 1. The summed E-state index contributed by atoms with van der Waals surface area (Å²) >= 11 is 0. The molecule has 2 N–H and O–H groups in total. The zero-order valence-corrected chi connectivity index (χ0v) is 16.4. The van der Waals surface area contributed by atoms with Gasteiger partial charge >= 0.3 is 0 Å². The van der Waals surface area contributed by atoms with Crippen molar-refractivity contribution in [2.75, 3.05) is 38.0 Å². The Balaban J connectivity index is 1.53. The van der Waals surface area contributed by atoms with Gasteiger partial charge in [-0.3, -0.25) is 0 Å². The van der Waals surface area contributed by atoms with Crippen LogP contribution < -0.4 is 20.3 Å². The third kappa shape index (κ3) is 3.77. The van der Waals surface area contributed by atoms with Crippen LogP contribution in [0.25, 0.3) is 5.69 Å². The molecular weight excluding hydrogens is 354 g/mol. The number of methoxy groups -OCH3 is 1. The Kier molecular flexibility index (Phi) is 5.12.